The summed E-state index contributed by atoms with van der Waals surface area (Å²) in [6, 6.07) is 25.5. The molecule has 6 heteroatoms. The first-order valence-electron chi connectivity index (χ1n) is 9.99. The van der Waals surface area contributed by atoms with E-state index in [9.17, 15) is 4.79 Å². The number of hydrogen-bond donors (Lipinski definition) is 3. The average molecular weight is 418 g/mol. The van der Waals surface area contributed by atoms with E-state index < -0.39 is 5.97 Å². The van der Waals surface area contributed by atoms with Crippen LogP contribution in [0.4, 0.5) is 5.69 Å². The molecule has 0 aliphatic carbocycles. The Hall–Kier alpha value is -3.77. The summed E-state index contributed by atoms with van der Waals surface area (Å²) in [7, 11) is 1.56. The Labute approximate surface area is 182 Å². The van der Waals surface area contributed by atoms with Crippen molar-refractivity contribution in [1.29, 1.82) is 0 Å². The lowest BCUT2D eigenvalue weighted by Crippen LogP contribution is -2.11. The highest BCUT2D eigenvalue weighted by molar-refractivity contribution is 5.67. The van der Waals surface area contributed by atoms with Gasteiger partial charge in [0.05, 0.1) is 7.11 Å². The molecule has 0 bridgehead atoms. The molecule has 0 radical (unpaired) electrons. The lowest BCUT2D eigenvalue weighted by Gasteiger charge is -2.10. The number of ether oxygens (including phenoxy) is 1. The Balaban J connectivity index is 1.53. The van der Waals surface area contributed by atoms with E-state index in [1.807, 2.05) is 78.9 Å². The zero-order valence-corrected chi connectivity index (χ0v) is 17.4. The molecule has 0 saturated carbocycles. The molecule has 3 rings (SSSR count). The summed E-state index contributed by atoms with van der Waals surface area (Å²) >= 11 is 0. The molecule has 3 aromatic rings. The lowest BCUT2D eigenvalue weighted by molar-refractivity contribution is -0.136. The number of nitrogens with one attached hydrogen (secondary N) is 2. The van der Waals surface area contributed by atoms with Crippen molar-refractivity contribution in [2.75, 3.05) is 12.4 Å². The number of rotatable bonds is 11. The minimum Gasteiger partial charge on any atom is -0.481 e. The molecule has 0 saturated heterocycles. The molecule has 0 aromatic heterocycles. The van der Waals surface area contributed by atoms with E-state index in [1.54, 1.807) is 13.4 Å². The van der Waals surface area contributed by atoms with Crippen molar-refractivity contribution >= 4 is 17.4 Å². The van der Waals surface area contributed by atoms with Gasteiger partial charge in [0.15, 0.2) is 0 Å². The maximum atomic E-state index is 10.7. The number of anilines is 1. The van der Waals surface area contributed by atoms with Crippen molar-refractivity contribution in [1.82, 2.24) is 5.48 Å². The first-order valence-corrected chi connectivity index (χ1v) is 9.99. The molecule has 3 N–H and O–H groups in total. The summed E-state index contributed by atoms with van der Waals surface area (Å²) in [6.45, 7) is 0.672. The van der Waals surface area contributed by atoms with Gasteiger partial charge in [0.2, 0.25) is 0 Å². The standard InChI is InChI=1S/C25H26N2O4/c1-30-27-24(21-5-3-2-4-6-21)18-31-23-14-9-20(10-15-23)17-26-22-12-7-19(8-13-22)11-16-25(28)29/h2-10,12-15,18,26-27H,11,16-17H2,1H3,(H,28,29). The van der Waals surface area contributed by atoms with Crippen LogP contribution in [0.25, 0.3) is 5.70 Å². The lowest BCUT2D eigenvalue weighted by atomic mass is 10.1. The van der Waals surface area contributed by atoms with E-state index >= 15 is 0 Å². The third-order valence-corrected chi connectivity index (χ3v) is 4.61. The number of aliphatic carboxylic acids is 1. The van der Waals surface area contributed by atoms with E-state index in [0.717, 1.165) is 33.8 Å². The van der Waals surface area contributed by atoms with Crippen LogP contribution in [0.1, 0.15) is 23.1 Å². The predicted octanol–water partition coefficient (Wildman–Crippen LogP) is 4.84. The molecule has 160 valence electrons. The van der Waals surface area contributed by atoms with Gasteiger partial charge in [-0.1, -0.05) is 54.6 Å². The minimum absolute atomic E-state index is 0.144. The molecule has 0 spiro atoms. The second kappa shape index (κ2) is 11.4. The number of carboxylic acid groups (broad SMARTS) is 1. The Bertz CT molecular complexity index is 984. The van der Waals surface area contributed by atoms with Gasteiger partial charge < -0.3 is 15.2 Å². The monoisotopic (exact) mass is 418 g/mol. The predicted molar refractivity (Wildman–Crippen MR) is 121 cm³/mol. The molecular weight excluding hydrogens is 392 g/mol. The highest BCUT2D eigenvalue weighted by atomic mass is 16.6. The van der Waals surface area contributed by atoms with Crippen LogP contribution in [-0.4, -0.2) is 18.2 Å². The minimum atomic E-state index is -0.781. The summed E-state index contributed by atoms with van der Waals surface area (Å²) in [5, 5.41) is 12.1. The second-order valence-electron chi connectivity index (χ2n) is 6.91. The molecule has 31 heavy (non-hydrogen) atoms. The summed E-state index contributed by atoms with van der Waals surface area (Å²) in [4.78, 5) is 15.7. The maximum Gasteiger partial charge on any atom is 0.303 e. The van der Waals surface area contributed by atoms with E-state index in [-0.39, 0.29) is 6.42 Å². The fraction of sp³-hybridized carbons (Fsp3) is 0.160. The zero-order chi connectivity index (χ0) is 21.9. The Kier molecular flexibility index (Phi) is 8.08. The van der Waals surface area contributed by atoms with Gasteiger partial charge >= 0.3 is 5.97 Å². The average Bonchev–Trinajstić information content (AvgIpc) is 2.81. The van der Waals surface area contributed by atoms with E-state index in [0.29, 0.717) is 13.0 Å². The van der Waals surface area contributed by atoms with Gasteiger partial charge in [-0.05, 0) is 41.8 Å². The number of carbonyl (C=O) groups is 1. The molecule has 0 amide bonds. The van der Waals surface area contributed by atoms with Crippen molar-refractivity contribution < 1.29 is 19.5 Å². The van der Waals surface area contributed by atoms with Gasteiger partial charge in [-0.2, -0.15) is 0 Å². The first kappa shape index (κ1) is 21.9. The second-order valence-corrected chi connectivity index (χ2v) is 6.91. The molecule has 0 aliphatic rings. The maximum absolute atomic E-state index is 10.7. The van der Waals surface area contributed by atoms with Crippen LogP contribution in [-0.2, 0) is 22.6 Å². The number of benzene rings is 3. The normalized spacial score (nSPS) is 11.1. The molecular formula is C25H26N2O4. The fourth-order valence-corrected chi connectivity index (χ4v) is 2.94. The summed E-state index contributed by atoms with van der Waals surface area (Å²) in [5.74, 6) is -0.0609. The van der Waals surface area contributed by atoms with Gasteiger partial charge in [0.1, 0.15) is 17.7 Å². The van der Waals surface area contributed by atoms with Gasteiger partial charge in [-0.15, -0.1) is 0 Å². The number of hydrogen-bond acceptors (Lipinski definition) is 5. The Morgan fingerprint density at radius 2 is 1.61 bits per heavy atom. The fourth-order valence-electron chi connectivity index (χ4n) is 2.94. The number of aryl methyl sites for hydroxylation is 1. The Morgan fingerprint density at radius 3 is 2.26 bits per heavy atom. The van der Waals surface area contributed by atoms with Crippen LogP contribution in [0.2, 0.25) is 0 Å². The summed E-state index contributed by atoms with van der Waals surface area (Å²) < 4.78 is 5.78. The highest BCUT2D eigenvalue weighted by Gasteiger charge is 2.03. The number of hydroxylamine groups is 1. The van der Waals surface area contributed by atoms with Crippen LogP contribution < -0.4 is 15.5 Å². The SMILES string of the molecule is CONC(=COc1ccc(CNc2ccc(CCC(=O)O)cc2)cc1)c1ccccc1. The van der Waals surface area contributed by atoms with Crippen LogP contribution in [0.15, 0.2) is 85.1 Å². The third-order valence-electron chi connectivity index (χ3n) is 4.61. The molecule has 0 fully saturated rings. The van der Waals surface area contributed by atoms with Crippen molar-refractivity contribution in [2.24, 2.45) is 0 Å². The van der Waals surface area contributed by atoms with Gasteiger partial charge in [-0.3, -0.25) is 15.1 Å². The van der Waals surface area contributed by atoms with Crippen LogP contribution in [0.5, 0.6) is 5.75 Å². The van der Waals surface area contributed by atoms with Crippen LogP contribution in [0.3, 0.4) is 0 Å². The first-order chi connectivity index (χ1) is 15.1. The topological polar surface area (TPSA) is 79.8 Å². The Morgan fingerprint density at radius 1 is 0.935 bits per heavy atom. The zero-order valence-electron chi connectivity index (χ0n) is 17.4. The summed E-state index contributed by atoms with van der Waals surface area (Å²) in [6.07, 6.45) is 2.31. The molecule has 3 aromatic carbocycles. The van der Waals surface area contributed by atoms with Gasteiger partial charge in [-0.25, -0.2) is 0 Å². The molecule has 0 atom stereocenters. The molecule has 6 nitrogen and oxygen atoms in total. The van der Waals surface area contributed by atoms with Crippen molar-refractivity contribution in [2.45, 2.75) is 19.4 Å². The van der Waals surface area contributed by atoms with Crippen molar-refractivity contribution in [3.8, 4) is 5.75 Å². The quantitative estimate of drug-likeness (QED) is 0.305. The van der Waals surface area contributed by atoms with Gasteiger partial charge in [0, 0.05) is 24.2 Å². The van der Waals surface area contributed by atoms with E-state index in [4.69, 9.17) is 14.7 Å². The largest absolute Gasteiger partial charge is 0.481 e. The summed E-state index contributed by atoms with van der Waals surface area (Å²) in [5.41, 5.74) is 7.63. The van der Waals surface area contributed by atoms with E-state index in [1.165, 1.54) is 0 Å². The van der Waals surface area contributed by atoms with Crippen LogP contribution >= 0.6 is 0 Å². The highest BCUT2D eigenvalue weighted by Crippen LogP contribution is 2.17. The number of carboxylic acids is 1. The smallest absolute Gasteiger partial charge is 0.303 e. The third kappa shape index (κ3) is 7.21. The van der Waals surface area contributed by atoms with Crippen molar-refractivity contribution in [3.63, 3.8) is 0 Å². The molecule has 0 unspecified atom stereocenters. The molecule has 0 aliphatic heterocycles. The van der Waals surface area contributed by atoms with Crippen LogP contribution in [0, 0.1) is 0 Å². The van der Waals surface area contributed by atoms with Gasteiger partial charge in [0.25, 0.3) is 0 Å². The van der Waals surface area contributed by atoms with Crippen molar-refractivity contribution in [3.05, 3.63) is 102 Å². The van der Waals surface area contributed by atoms with E-state index in [2.05, 4.69) is 10.8 Å². The molecule has 0 heterocycles.